The van der Waals surface area contributed by atoms with E-state index in [4.69, 9.17) is 10.6 Å². The molecule has 188 valence electrons. The molecule has 0 bridgehead atoms. The van der Waals surface area contributed by atoms with E-state index >= 15 is 0 Å². The predicted molar refractivity (Wildman–Crippen MR) is 141 cm³/mol. The Balaban J connectivity index is 2.05. The van der Waals surface area contributed by atoms with E-state index in [0.29, 0.717) is 24.3 Å². The van der Waals surface area contributed by atoms with Crippen molar-refractivity contribution in [1.29, 1.82) is 5.41 Å². The number of thioether (sulfide) groups is 1. The zero-order chi connectivity index (χ0) is 25.8. The Kier molecular flexibility index (Phi) is 11.1. The van der Waals surface area contributed by atoms with Crippen molar-refractivity contribution in [1.82, 2.24) is 14.9 Å². The van der Waals surface area contributed by atoms with Crippen LogP contribution in [-0.4, -0.2) is 56.7 Å². The fourth-order valence-corrected chi connectivity index (χ4v) is 4.08. The van der Waals surface area contributed by atoms with Crippen LogP contribution in [0.15, 0.2) is 46.5 Å². The number of nitrogens with one attached hydrogen (secondary N) is 3. The van der Waals surface area contributed by atoms with E-state index in [0.717, 1.165) is 5.56 Å². The highest BCUT2D eigenvalue weighted by Crippen LogP contribution is 2.13. The quantitative estimate of drug-likeness (QED) is 0.204. The molecule has 5 N–H and O–H groups in total. The Morgan fingerprint density at radius 2 is 1.94 bits per heavy atom. The van der Waals surface area contributed by atoms with Crippen LogP contribution in [0.2, 0.25) is 0 Å². The highest BCUT2D eigenvalue weighted by Gasteiger charge is 2.23. The van der Waals surface area contributed by atoms with Crippen LogP contribution in [0.25, 0.3) is 0 Å². The van der Waals surface area contributed by atoms with E-state index < -0.39 is 17.5 Å². The maximum atomic E-state index is 13.1. The normalized spacial score (nSPS) is 12.1. The molecule has 0 saturated heterocycles. The third-order valence-electron chi connectivity index (χ3n) is 5.19. The summed E-state index contributed by atoms with van der Waals surface area (Å²) in [5.74, 6) is 0.494. The molecule has 1 amide bonds. The van der Waals surface area contributed by atoms with Crippen LogP contribution in [-0.2, 0) is 21.8 Å². The number of ketones is 1. The highest BCUT2D eigenvalue weighted by molar-refractivity contribution is 7.99. The average molecular weight is 502 g/mol. The lowest BCUT2D eigenvalue weighted by Crippen LogP contribution is -2.40. The van der Waals surface area contributed by atoms with Crippen LogP contribution in [0, 0.1) is 5.41 Å². The molecule has 0 fully saturated rings. The molecule has 0 aliphatic carbocycles. The van der Waals surface area contributed by atoms with Gasteiger partial charge in [-0.05, 0) is 25.3 Å². The van der Waals surface area contributed by atoms with Crippen LogP contribution < -0.4 is 16.2 Å². The number of aryl methyl sites for hydroxylation is 1. The Labute approximate surface area is 208 Å². The number of rotatable bonds is 14. The number of nitrogens with zero attached hydrogens (tertiary/aromatic N) is 3. The first-order chi connectivity index (χ1) is 16.8. The summed E-state index contributed by atoms with van der Waals surface area (Å²) in [5, 5.41) is 23.6. The summed E-state index contributed by atoms with van der Waals surface area (Å²) in [7, 11) is 0. The summed E-state index contributed by atoms with van der Waals surface area (Å²) in [6.45, 7) is 5.06. The molecule has 1 aromatic heterocycles. The van der Waals surface area contributed by atoms with Crippen molar-refractivity contribution in [2.24, 2.45) is 5.16 Å². The van der Waals surface area contributed by atoms with Crippen LogP contribution >= 0.6 is 11.8 Å². The predicted octanol–water partition coefficient (Wildman–Crippen LogP) is 1.91. The number of carbonyl (C=O) groups is 2. The number of carbonyl (C=O) groups excluding carboxylic acids is 2. The second-order valence-corrected chi connectivity index (χ2v) is 8.83. The number of hydrogen-bond acceptors (Lipinski definition) is 8. The lowest BCUT2D eigenvalue weighted by Gasteiger charge is -2.19. The molecule has 35 heavy (non-hydrogen) atoms. The summed E-state index contributed by atoms with van der Waals surface area (Å²) in [5.41, 5.74) is 1.51. The molecule has 2 aromatic rings. The molecular weight excluding hydrogens is 468 g/mol. The fraction of sp³-hybridized carbons (Fsp3) is 0.417. The SMILES string of the molecule is CCc1cn(C(CC)C(=O)NCC(=O)CSCc2ccccc2)c(=O)c(NC/C(=N/[OH2+])C(C)=N)n1. The van der Waals surface area contributed by atoms with Crippen molar-refractivity contribution in [3.63, 3.8) is 0 Å². The Morgan fingerprint density at radius 1 is 1.23 bits per heavy atom. The maximum absolute atomic E-state index is 13.1. The van der Waals surface area contributed by atoms with Gasteiger partial charge in [0.25, 0.3) is 5.56 Å². The zero-order valence-corrected chi connectivity index (χ0v) is 21.1. The number of hydrogen-bond donors (Lipinski definition) is 3. The monoisotopic (exact) mass is 501 g/mol. The zero-order valence-electron chi connectivity index (χ0n) is 20.3. The summed E-state index contributed by atoms with van der Waals surface area (Å²) in [4.78, 5) is 42.5. The summed E-state index contributed by atoms with van der Waals surface area (Å²) >= 11 is 1.49. The minimum Gasteiger partial charge on any atom is -0.469 e. The number of anilines is 1. The van der Waals surface area contributed by atoms with Gasteiger partial charge in [0.2, 0.25) is 5.91 Å². The van der Waals surface area contributed by atoms with Gasteiger partial charge in [0.05, 0.1) is 35.4 Å². The first kappa shape index (κ1) is 27.8. The lowest BCUT2D eigenvalue weighted by atomic mass is 10.2. The largest absolute Gasteiger partial charge is 0.469 e. The molecule has 1 unspecified atom stereocenters. The summed E-state index contributed by atoms with van der Waals surface area (Å²) in [6.07, 6.45) is 2.43. The van der Waals surface area contributed by atoms with E-state index in [2.05, 4.69) is 20.8 Å². The van der Waals surface area contributed by atoms with E-state index in [1.807, 2.05) is 37.3 Å². The van der Waals surface area contributed by atoms with Gasteiger partial charge < -0.3 is 21.3 Å². The molecule has 1 heterocycles. The minimum atomic E-state index is -0.810. The van der Waals surface area contributed by atoms with Gasteiger partial charge >= 0.3 is 0 Å². The van der Waals surface area contributed by atoms with Gasteiger partial charge in [-0.25, -0.2) is 4.98 Å². The maximum Gasteiger partial charge on any atom is 0.294 e. The van der Waals surface area contributed by atoms with Crippen LogP contribution in [0.4, 0.5) is 5.82 Å². The van der Waals surface area contributed by atoms with Gasteiger partial charge in [0.1, 0.15) is 6.04 Å². The van der Waals surface area contributed by atoms with Crippen LogP contribution in [0.1, 0.15) is 44.5 Å². The summed E-state index contributed by atoms with van der Waals surface area (Å²) < 4.78 is 1.33. The topological polar surface area (TPSA) is 152 Å². The Morgan fingerprint density at radius 3 is 2.54 bits per heavy atom. The molecule has 0 aliphatic heterocycles. The smallest absolute Gasteiger partial charge is 0.294 e. The average Bonchev–Trinajstić information content (AvgIpc) is 2.85. The van der Waals surface area contributed by atoms with Gasteiger partial charge in [-0.3, -0.25) is 19.0 Å². The molecule has 1 atom stereocenters. The number of Topliss-reactive ketones (excluding diaryl/α,β-unsaturated/α-hetero) is 1. The van der Waals surface area contributed by atoms with Crippen molar-refractivity contribution in [2.45, 2.75) is 45.4 Å². The van der Waals surface area contributed by atoms with E-state index in [-0.39, 0.29) is 41.9 Å². The first-order valence-corrected chi connectivity index (χ1v) is 12.5. The molecule has 0 saturated carbocycles. The minimum absolute atomic E-state index is 0.00756. The highest BCUT2D eigenvalue weighted by atomic mass is 32.2. The van der Waals surface area contributed by atoms with Crippen molar-refractivity contribution >= 4 is 40.7 Å². The molecule has 0 spiro atoms. The van der Waals surface area contributed by atoms with Gasteiger partial charge in [0, 0.05) is 11.9 Å². The molecule has 0 aliphatic rings. The third-order valence-corrected chi connectivity index (χ3v) is 6.26. The van der Waals surface area contributed by atoms with Gasteiger partial charge in [0.15, 0.2) is 17.3 Å². The van der Waals surface area contributed by atoms with Crippen molar-refractivity contribution in [2.75, 3.05) is 24.2 Å². The van der Waals surface area contributed by atoms with Crippen molar-refractivity contribution in [3.05, 3.63) is 58.1 Å². The lowest BCUT2D eigenvalue weighted by molar-refractivity contribution is -0.127. The van der Waals surface area contributed by atoms with Gasteiger partial charge in [-0.2, -0.15) is 0 Å². The van der Waals surface area contributed by atoms with Crippen LogP contribution in [0.5, 0.6) is 0 Å². The van der Waals surface area contributed by atoms with Gasteiger partial charge in [-0.15, -0.1) is 11.8 Å². The van der Waals surface area contributed by atoms with E-state index in [1.165, 1.54) is 23.3 Å². The number of amides is 1. The van der Waals surface area contributed by atoms with Crippen LogP contribution in [0.3, 0.4) is 0 Å². The number of aromatic nitrogens is 2. The van der Waals surface area contributed by atoms with E-state index in [9.17, 15) is 14.4 Å². The second kappa shape index (κ2) is 14.1. The standard InChI is InChI=1S/C24H32N6O4S/c1-4-18-13-30(24(33)22(28-18)26-12-20(29-34)16(3)25)21(5-2)23(32)27-11-19(31)15-35-14-17-9-7-6-8-10-17/h6-10,13,21,25,34H,4-5,11-12,14-15H2,1-3H3,(H,26,28)(H,27,32)/p+1/b25-16?,29-20-. The van der Waals surface area contributed by atoms with Crippen molar-refractivity contribution < 1.29 is 14.8 Å². The van der Waals surface area contributed by atoms with E-state index in [1.54, 1.807) is 13.1 Å². The molecule has 0 radical (unpaired) electrons. The van der Waals surface area contributed by atoms with Gasteiger partial charge in [-0.1, -0.05) is 44.2 Å². The molecular formula is C24H33N6O4S+. The molecule has 10 nitrogen and oxygen atoms in total. The first-order valence-electron chi connectivity index (χ1n) is 11.4. The summed E-state index contributed by atoms with van der Waals surface area (Å²) in [6, 6.07) is 9.03. The molecule has 1 aromatic carbocycles. The molecule has 11 heteroatoms. The Hall–Kier alpha value is -3.47. The molecule has 2 rings (SSSR count). The van der Waals surface area contributed by atoms with Crippen molar-refractivity contribution in [3.8, 4) is 0 Å². The third kappa shape index (κ3) is 8.36. The Bertz CT molecular complexity index is 1120. The number of benzene rings is 1. The fourth-order valence-electron chi connectivity index (χ4n) is 3.22. The second-order valence-electron chi connectivity index (χ2n) is 7.84.